The van der Waals surface area contributed by atoms with Crippen LogP contribution in [0, 0.1) is 0 Å². The molecular formula is C25H34O12. The minimum absolute atomic E-state index is 0.0150. The Morgan fingerprint density at radius 1 is 0.568 bits per heavy atom. The highest BCUT2D eigenvalue weighted by molar-refractivity contribution is 5.94. The number of carboxylic acids is 4. The van der Waals surface area contributed by atoms with Gasteiger partial charge in [-0.25, -0.2) is 9.59 Å². The third-order valence-corrected chi connectivity index (χ3v) is 4.73. The fourth-order valence-electron chi connectivity index (χ4n) is 2.85. The van der Waals surface area contributed by atoms with Gasteiger partial charge in [0.25, 0.3) is 0 Å². The zero-order valence-electron chi connectivity index (χ0n) is 20.6. The van der Waals surface area contributed by atoms with Gasteiger partial charge >= 0.3 is 35.8 Å². The molecule has 37 heavy (non-hydrogen) atoms. The predicted octanol–water partition coefficient (Wildman–Crippen LogP) is 3.62. The third kappa shape index (κ3) is 20.0. The van der Waals surface area contributed by atoms with Crippen LogP contribution in [0.1, 0.15) is 91.3 Å². The molecule has 0 unspecified atom stereocenters. The van der Waals surface area contributed by atoms with Gasteiger partial charge in [-0.3, -0.25) is 19.2 Å². The average molecular weight is 527 g/mol. The Morgan fingerprint density at radius 3 is 1.51 bits per heavy atom. The van der Waals surface area contributed by atoms with Crippen LogP contribution in [-0.2, 0) is 28.7 Å². The van der Waals surface area contributed by atoms with Gasteiger partial charge in [0.05, 0.1) is 11.1 Å². The van der Waals surface area contributed by atoms with E-state index in [0.717, 1.165) is 19.3 Å². The van der Waals surface area contributed by atoms with Gasteiger partial charge in [-0.1, -0.05) is 25.3 Å². The molecule has 1 aromatic carbocycles. The lowest BCUT2D eigenvalue weighted by Crippen LogP contribution is -2.14. The van der Waals surface area contributed by atoms with Crippen LogP contribution in [0.4, 0.5) is 0 Å². The first-order chi connectivity index (χ1) is 17.5. The van der Waals surface area contributed by atoms with Crippen molar-refractivity contribution >= 4 is 35.8 Å². The molecule has 1 aromatic rings. The van der Waals surface area contributed by atoms with Crippen molar-refractivity contribution in [2.45, 2.75) is 70.6 Å². The number of hydrogen-bond acceptors (Lipinski definition) is 8. The SMILES string of the molecule is O=C(O)CCCCC(=O)O.O=C(O)CCCCCCCC(=O)OCCOC(=O)c1cccc(C(=O)O)c1. The minimum atomic E-state index is -1.14. The topological polar surface area (TPSA) is 202 Å². The first-order valence-corrected chi connectivity index (χ1v) is 11.8. The van der Waals surface area contributed by atoms with Crippen molar-refractivity contribution < 1.29 is 58.7 Å². The molecule has 4 N–H and O–H groups in total. The van der Waals surface area contributed by atoms with Crippen molar-refractivity contribution in [1.29, 1.82) is 0 Å². The monoisotopic (exact) mass is 526 g/mol. The minimum Gasteiger partial charge on any atom is -0.481 e. The van der Waals surface area contributed by atoms with Crippen LogP contribution in [0.2, 0.25) is 0 Å². The summed E-state index contributed by atoms with van der Waals surface area (Å²) in [7, 11) is 0. The number of unbranched alkanes of at least 4 members (excludes halogenated alkanes) is 5. The summed E-state index contributed by atoms with van der Waals surface area (Å²) in [6.45, 7) is -0.182. The van der Waals surface area contributed by atoms with Crippen LogP contribution in [0.5, 0.6) is 0 Å². The van der Waals surface area contributed by atoms with Crippen LogP contribution in [0.15, 0.2) is 24.3 Å². The van der Waals surface area contributed by atoms with Crippen LogP contribution < -0.4 is 0 Å². The summed E-state index contributed by atoms with van der Waals surface area (Å²) < 4.78 is 9.91. The fraction of sp³-hybridized carbons (Fsp3) is 0.520. The Hall–Kier alpha value is -3.96. The van der Waals surface area contributed by atoms with E-state index >= 15 is 0 Å². The Kier molecular flexibility index (Phi) is 18.1. The Bertz CT molecular complexity index is 877. The second-order valence-corrected chi connectivity index (χ2v) is 7.90. The molecule has 0 spiro atoms. The molecule has 0 fully saturated rings. The maximum Gasteiger partial charge on any atom is 0.338 e. The van der Waals surface area contributed by atoms with E-state index in [-0.39, 0.29) is 56.0 Å². The lowest BCUT2D eigenvalue weighted by Gasteiger charge is -2.07. The van der Waals surface area contributed by atoms with Crippen molar-refractivity contribution in [2.24, 2.45) is 0 Å². The maximum atomic E-state index is 11.8. The van der Waals surface area contributed by atoms with Crippen LogP contribution in [0.3, 0.4) is 0 Å². The van der Waals surface area contributed by atoms with E-state index in [9.17, 15) is 28.8 Å². The van der Waals surface area contributed by atoms with E-state index < -0.39 is 29.8 Å². The van der Waals surface area contributed by atoms with Crippen LogP contribution in [0.25, 0.3) is 0 Å². The number of ether oxygens (including phenoxy) is 2. The highest BCUT2D eigenvalue weighted by Gasteiger charge is 2.11. The summed E-state index contributed by atoms with van der Waals surface area (Å²) in [5.41, 5.74) is 0.1000. The van der Waals surface area contributed by atoms with Gasteiger partial charge in [0, 0.05) is 25.7 Å². The van der Waals surface area contributed by atoms with E-state index in [0.29, 0.717) is 25.7 Å². The molecule has 0 aliphatic carbocycles. The molecule has 0 amide bonds. The normalized spacial score (nSPS) is 9.95. The molecule has 1 rings (SSSR count). The molecule has 0 bridgehead atoms. The summed E-state index contributed by atoms with van der Waals surface area (Å²) in [5.74, 6) is -4.75. The molecule has 0 aromatic heterocycles. The molecule has 0 aliphatic rings. The molecular weight excluding hydrogens is 492 g/mol. The van der Waals surface area contributed by atoms with Gasteiger partial charge in [-0.05, 0) is 43.9 Å². The fourth-order valence-corrected chi connectivity index (χ4v) is 2.85. The smallest absolute Gasteiger partial charge is 0.338 e. The molecule has 206 valence electrons. The van der Waals surface area contributed by atoms with Gasteiger partial charge in [0.15, 0.2) is 0 Å². The third-order valence-electron chi connectivity index (χ3n) is 4.73. The highest BCUT2D eigenvalue weighted by Crippen LogP contribution is 2.09. The van der Waals surface area contributed by atoms with Crippen molar-refractivity contribution in [3.8, 4) is 0 Å². The number of carbonyl (C=O) groups excluding carboxylic acids is 2. The number of aliphatic carboxylic acids is 3. The molecule has 0 radical (unpaired) electrons. The van der Waals surface area contributed by atoms with Crippen molar-refractivity contribution in [3.05, 3.63) is 35.4 Å². The summed E-state index contributed by atoms with van der Waals surface area (Å²) in [6, 6.07) is 5.47. The maximum absolute atomic E-state index is 11.8. The number of benzene rings is 1. The van der Waals surface area contributed by atoms with Crippen molar-refractivity contribution in [2.75, 3.05) is 13.2 Å². The zero-order valence-corrected chi connectivity index (χ0v) is 20.6. The van der Waals surface area contributed by atoms with E-state index in [2.05, 4.69) is 0 Å². The first-order valence-electron chi connectivity index (χ1n) is 11.8. The Labute approximate surface area is 214 Å². The van der Waals surface area contributed by atoms with Gasteiger partial charge in [-0.15, -0.1) is 0 Å². The summed E-state index contributed by atoms with van der Waals surface area (Å²) in [5, 5.41) is 33.7. The molecule has 12 heteroatoms. The van der Waals surface area contributed by atoms with E-state index in [1.165, 1.54) is 24.3 Å². The van der Waals surface area contributed by atoms with Crippen molar-refractivity contribution in [1.82, 2.24) is 0 Å². The quantitative estimate of drug-likeness (QED) is 0.160. The molecule has 0 aliphatic heterocycles. The average Bonchev–Trinajstić information content (AvgIpc) is 2.84. The predicted molar refractivity (Wildman–Crippen MR) is 128 cm³/mol. The van der Waals surface area contributed by atoms with Gasteiger partial charge in [0.1, 0.15) is 13.2 Å². The lowest BCUT2D eigenvalue weighted by atomic mass is 10.1. The van der Waals surface area contributed by atoms with E-state index in [1.807, 2.05) is 0 Å². The number of esters is 2. The number of carbonyl (C=O) groups is 6. The number of rotatable bonds is 18. The van der Waals surface area contributed by atoms with Gasteiger partial charge in [-0.2, -0.15) is 0 Å². The number of aromatic carboxylic acids is 1. The molecule has 12 nitrogen and oxygen atoms in total. The van der Waals surface area contributed by atoms with Gasteiger partial charge in [0.2, 0.25) is 0 Å². The standard InChI is InChI=1S/C19H24O8.C6H10O4/c20-16(21)9-4-2-1-3-5-10-17(22)26-11-12-27-19(25)15-8-6-7-14(13-15)18(23)24;7-5(8)3-1-2-4-6(9)10/h6-8,13H,1-5,9-12H2,(H,20,21)(H,23,24);1-4H2,(H,7,8)(H,9,10). The number of hydrogen-bond donors (Lipinski definition) is 4. The van der Waals surface area contributed by atoms with Crippen LogP contribution >= 0.6 is 0 Å². The van der Waals surface area contributed by atoms with Crippen molar-refractivity contribution in [3.63, 3.8) is 0 Å². The number of carboxylic acid groups (broad SMARTS) is 4. The zero-order chi connectivity index (χ0) is 28.1. The molecule has 0 saturated carbocycles. The Balaban J connectivity index is 0.00000109. The Morgan fingerprint density at radius 2 is 1.00 bits per heavy atom. The summed E-state index contributed by atoms with van der Waals surface area (Å²) in [6.07, 6.45) is 5.25. The van der Waals surface area contributed by atoms with E-state index in [1.54, 1.807) is 0 Å². The molecule has 0 heterocycles. The van der Waals surface area contributed by atoms with Crippen LogP contribution in [-0.4, -0.2) is 69.5 Å². The largest absolute Gasteiger partial charge is 0.481 e. The summed E-state index contributed by atoms with van der Waals surface area (Å²) in [4.78, 5) is 64.4. The second-order valence-electron chi connectivity index (χ2n) is 7.90. The lowest BCUT2D eigenvalue weighted by molar-refractivity contribution is -0.145. The molecule has 0 saturated heterocycles. The highest BCUT2D eigenvalue weighted by atomic mass is 16.6. The summed E-state index contributed by atoms with van der Waals surface area (Å²) >= 11 is 0. The van der Waals surface area contributed by atoms with Gasteiger partial charge < -0.3 is 29.9 Å². The second kappa shape index (κ2) is 20.3. The molecule has 0 atom stereocenters. The first kappa shape index (κ1) is 33.0. The van der Waals surface area contributed by atoms with E-state index in [4.69, 9.17) is 29.9 Å².